The standard InChI is InChI=1S/C16H20N6/c1-2-14-19-7-9-22(14)13-4-3-8-21(11-13)15-6-5-12(10-17)16(18)20-15/h5-7,9,13H,2-4,8,11H2,1H3,(H2,18,20). The molecule has 114 valence electrons. The molecule has 1 fully saturated rings. The molecule has 0 amide bonds. The number of rotatable bonds is 3. The van der Waals surface area contributed by atoms with Gasteiger partial charge in [0.25, 0.3) is 0 Å². The van der Waals surface area contributed by atoms with E-state index in [0.717, 1.165) is 44.0 Å². The van der Waals surface area contributed by atoms with Crippen molar-refractivity contribution in [3.8, 4) is 6.07 Å². The number of nitrogens with two attached hydrogens (primary N) is 1. The van der Waals surface area contributed by atoms with Gasteiger partial charge in [0.1, 0.15) is 23.5 Å². The molecule has 2 aromatic heterocycles. The summed E-state index contributed by atoms with van der Waals surface area (Å²) in [4.78, 5) is 11.0. The fourth-order valence-electron chi connectivity index (χ4n) is 3.07. The van der Waals surface area contributed by atoms with E-state index in [4.69, 9.17) is 11.0 Å². The van der Waals surface area contributed by atoms with Crippen LogP contribution in [0.25, 0.3) is 0 Å². The van der Waals surface area contributed by atoms with E-state index in [0.29, 0.717) is 17.4 Å². The highest BCUT2D eigenvalue weighted by Gasteiger charge is 2.23. The lowest BCUT2D eigenvalue weighted by Crippen LogP contribution is -2.37. The van der Waals surface area contributed by atoms with E-state index in [1.807, 2.05) is 12.3 Å². The number of nitriles is 1. The summed E-state index contributed by atoms with van der Waals surface area (Å²) in [6.07, 6.45) is 7.12. The molecule has 1 saturated heterocycles. The third kappa shape index (κ3) is 2.62. The van der Waals surface area contributed by atoms with Gasteiger partial charge in [-0.1, -0.05) is 6.92 Å². The fraction of sp³-hybridized carbons (Fsp3) is 0.438. The van der Waals surface area contributed by atoms with Gasteiger partial charge in [0.2, 0.25) is 0 Å². The third-order valence-electron chi connectivity index (χ3n) is 4.21. The van der Waals surface area contributed by atoms with Crippen LogP contribution in [0.3, 0.4) is 0 Å². The highest BCUT2D eigenvalue weighted by molar-refractivity contribution is 5.54. The largest absolute Gasteiger partial charge is 0.383 e. The zero-order valence-electron chi connectivity index (χ0n) is 12.7. The zero-order chi connectivity index (χ0) is 15.5. The predicted molar refractivity (Wildman–Crippen MR) is 85.5 cm³/mol. The van der Waals surface area contributed by atoms with Crippen LogP contribution in [-0.4, -0.2) is 27.6 Å². The second-order valence-electron chi connectivity index (χ2n) is 5.56. The van der Waals surface area contributed by atoms with Crippen LogP contribution in [0.1, 0.15) is 37.2 Å². The fourth-order valence-corrected chi connectivity index (χ4v) is 3.07. The van der Waals surface area contributed by atoms with E-state index in [1.165, 1.54) is 0 Å². The molecule has 0 aliphatic carbocycles. The number of pyridine rings is 1. The van der Waals surface area contributed by atoms with Gasteiger partial charge >= 0.3 is 0 Å². The van der Waals surface area contributed by atoms with Crippen LogP contribution >= 0.6 is 0 Å². The highest BCUT2D eigenvalue weighted by Crippen LogP contribution is 2.27. The van der Waals surface area contributed by atoms with Crippen molar-refractivity contribution in [3.05, 3.63) is 35.9 Å². The average Bonchev–Trinajstić information content (AvgIpc) is 3.03. The molecule has 6 heteroatoms. The maximum absolute atomic E-state index is 8.95. The lowest BCUT2D eigenvalue weighted by molar-refractivity contribution is 0.394. The van der Waals surface area contributed by atoms with Crippen molar-refractivity contribution < 1.29 is 0 Å². The first kappa shape index (κ1) is 14.4. The average molecular weight is 296 g/mol. The lowest BCUT2D eigenvalue weighted by Gasteiger charge is -2.35. The number of hydrogen-bond acceptors (Lipinski definition) is 5. The van der Waals surface area contributed by atoms with Crippen molar-refractivity contribution in [2.24, 2.45) is 0 Å². The molecule has 0 saturated carbocycles. The Morgan fingerprint density at radius 2 is 2.32 bits per heavy atom. The predicted octanol–water partition coefficient (Wildman–Crippen LogP) is 2.14. The summed E-state index contributed by atoms with van der Waals surface area (Å²) in [5, 5.41) is 8.95. The molecule has 2 N–H and O–H groups in total. The van der Waals surface area contributed by atoms with E-state index in [1.54, 1.807) is 6.07 Å². The summed E-state index contributed by atoms with van der Waals surface area (Å²) in [5.74, 6) is 2.28. The smallest absolute Gasteiger partial charge is 0.143 e. The molecule has 1 unspecified atom stereocenters. The number of aryl methyl sites for hydroxylation is 1. The summed E-state index contributed by atoms with van der Waals surface area (Å²) in [7, 11) is 0. The molecule has 1 aliphatic rings. The second kappa shape index (κ2) is 6.06. The summed E-state index contributed by atoms with van der Waals surface area (Å²) in [6, 6.07) is 6.09. The minimum Gasteiger partial charge on any atom is -0.383 e. The monoisotopic (exact) mass is 296 g/mol. The summed E-state index contributed by atoms with van der Waals surface area (Å²) in [6.45, 7) is 3.98. The molecule has 0 bridgehead atoms. The van der Waals surface area contributed by atoms with E-state index in [2.05, 4.69) is 38.6 Å². The molecule has 0 spiro atoms. The van der Waals surface area contributed by atoms with Gasteiger partial charge in [-0.25, -0.2) is 9.97 Å². The molecule has 3 heterocycles. The Morgan fingerprint density at radius 1 is 1.45 bits per heavy atom. The van der Waals surface area contributed by atoms with Crippen molar-refractivity contribution in [1.29, 1.82) is 5.26 Å². The van der Waals surface area contributed by atoms with Crippen molar-refractivity contribution >= 4 is 11.6 Å². The minimum atomic E-state index is 0.305. The highest BCUT2D eigenvalue weighted by atomic mass is 15.2. The molecule has 2 aromatic rings. The number of imidazole rings is 1. The van der Waals surface area contributed by atoms with Crippen LogP contribution in [0, 0.1) is 11.3 Å². The second-order valence-corrected chi connectivity index (χ2v) is 5.56. The number of piperidine rings is 1. The van der Waals surface area contributed by atoms with Crippen LogP contribution in [0.4, 0.5) is 11.6 Å². The Labute approximate surface area is 130 Å². The van der Waals surface area contributed by atoms with Gasteiger partial charge in [0.15, 0.2) is 0 Å². The van der Waals surface area contributed by atoms with Gasteiger partial charge in [-0.3, -0.25) is 0 Å². The Bertz CT molecular complexity index is 699. The van der Waals surface area contributed by atoms with E-state index in [9.17, 15) is 0 Å². The number of nitrogen functional groups attached to an aromatic ring is 1. The number of aromatic nitrogens is 3. The first-order valence-electron chi connectivity index (χ1n) is 7.66. The van der Waals surface area contributed by atoms with Crippen molar-refractivity contribution in [1.82, 2.24) is 14.5 Å². The summed E-state index contributed by atoms with van der Waals surface area (Å²) < 4.78 is 2.28. The van der Waals surface area contributed by atoms with Gasteiger partial charge in [0.05, 0.1) is 11.6 Å². The molecule has 0 radical (unpaired) electrons. The van der Waals surface area contributed by atoms with Crippen LogP contribution in [0.15, 0.2) is 24.5 Å². The van der Waals surface area contributed by atoms with Gasteiger partial charge in [0, 0.05) is 31.9 Å². The molecule has 22 heavy (non-hydrogen) atoms. The lowest BCUT2D eigenvalue weighted by atomic mass is 10.1. The Morgan fingerprint density at radius 3 is 3.05 bits per heavy atom. The van der Waals surface area contributed by atoms with Crippen LogP contribution in [0.5, 0.6) is 0 Å². The first-order chi connectivity index (χ1) is 10.7. The maximum atomic E-state index is 8.95. The van der Waals surface area contributed by atoms with Gasteiger partial charge < -0.3 is 15.2 Å². The minimum absolute atomic E-state index is 0.305. The van der Waals surface area contributed by atoms with E-state index < -0.39 is 0 Å². The molecular weight excluding hydrogens is 276 g/mol. The zero-order valence-corrected chi connectivity index (χ0v) is 12.7. The number of hydrogen-bond donors (Lipinski definition) is 1. The molecule has 1 aliphatic heterocycles. The van der Waals surface area contributed by atoms with Gasteiger partial charge in [-0.2, -0.15) is 5.26 Å². The van der Waals surface area contributed by atoms with E-state index in [-0.39, 0.29) is 0 Å². The van der Waals surface area contributed by atoms with Crippen LogP contribution < -0.4 is 10.6 Å². The Hall–Kier alpha value is -2.55. The molecule has 1 atom stereocenters. The Kier molecular flexibility index (Phi) is 3.96. The first-order valence-corrected chi connectivity index (χ1v) is 7.66. The molecule has 0 aromatic carbocycles. The van der Waals surface area contributed by atoms with Gasteiger partial charge in [-0.15, -0.1) is 0 Å². The quantitative estimate of drug-likeness (QED) is 0.938. The number of anilines is 2. The van der Waals surface area contributed by atoms with Crippen molar-refractivity contribution in [3.63, 3.8) is 0 Å². The molecule has 6 nitrogen and oxygen atoms in total. The Balaban J connectivity index is 1.81. The van der Waals surface area contributed by atoms with Crippen molar-refractivity contribution in [2.45, 2.75) is 32.2 Å². The topological polar surface area (TPSA) is 83.8 Å². The molecule has 3 rings (SSSR count). The number of nitrogens with zero attached hydrogens (tertiary/aromatic N) is 5. The van der Waals surface area contributed by atoms with Gasteiger partial charge in [-0.05, 0) is 25.0 Å². The van der Waals surface area contributed by atoms with Crippen LogP contribution in [0.2, 0.25) is 0 Å². The third-order valence-corrected chi connectivity index (χ3v) is 4.21. The summed E-state index contributed by atoms with van der Waals surface area (Å²) >= 11 is 0. The van der Waals surface area contributed by atoms with Crippen LogP contribution in [-0.2, 0) is 6.42 Å². The van der Waals surface area contributed by atoms with Crippen molar-refractivity contribution in [2.75, 3.05) is 23.7 Å². The van der Waals surface area contributed by atoms with E-state index >= 15 is 0 Å². The normalized spacial score (nSPS) is 18.2. The maximum Gasteiger partial charge on any atom is 0.143 e. The molecular formula is C16H20N6. The summed E-state index contributed by atoms with van der Waals surface area (Å²) in [5.41, 5.74) is 6.27. The SMILES string of the molecule is CCc1nccn1C1CCCN(c2ccc(C#N)c(N)n2)C1.